The zero-order valence-corrected chi connectivity index (χ0v) is 15.2. The quantitative estimate of drug-likeness (QED) is 0.652. The average molecular weight is 365 g/mol. The minimum atomic E-state index is -1.21. The van der Waals surface area contributed by atoms with Crippen molar-refractivity contribution < 1.29 is 19.1 Å². The number of esters is 1. The molecule has 2 aliphatic rings. The number of halogens is 1. The first-order valence-electron chi connectivity index (χ1n) is 8.39. The number of carbonyl (C=O) groups is 3. The van der Waals surface area contributed by atoms with Crippen molar-refractivity contribution in [2.24, 2.45) is 11.8 Å². The maximum atomic E-state index is 12.7. The van der Waals surface area contributed by atoms with Crippen LogP contribution in [0.25, 0.3) is 0 Å². The predicted molar refractivity (Wildman–Crippen MR) is 91.7 cm³/mol. The van der Waals surface area contributed by atoms with Gasteiger partial charge in [-0.1, -0.05) is 30.7 Å². The molecule has 0 aliphatic carbocycles. The Morgan fingerprint density at radius 2 is 1.88 bits per heavy atom. The third-order valence-electron chi connectivity index (χ3n) is 5.30. The maximum Gasteiger partial charge on any atom is 0.327 e. The van der Waals surface area contributed by atoms with Gasteiger partial charge in [-0.3, -0.25) is 24.6 Å². The number of hydrogen-bond acceptors (Lipinski definition) is 5. The molecule has 25 heavy (non-hydrogen) atoms. The lowest BCUT2D eigenvalue weighted by atomic mass is 9.78. The molecule has 2 heterocycles. The second-order valence-electron chi connectivity index (χ2n) is 6.46. The highest BCUT2D eigenvalue weighted by Crippen LogP contribution is 2.50. The molecule has 2 aliphatic heterocycles. The van der Waals surface area contributed by atoms with E-state index in [0.29, 0.717) is 11.4 Å². The van der Waals surface area contributed by atoms with Gasteiger partial charge in [-0.15, -0.1) is 0 Å². The molecule has 0 radical (unpaired) electrons. The van der Waals surface area contributed by atoms with Gasteiger partial charge in [0.25, 0.3) is 0 Å². The third-order valence-corrected chi connectivity index (χ3v) is 5.55. The molecule has 6 nitrogen and oxygen atoms in total. The van der Waals surface area contributed by atoms with Gasteiger partial charge in [-0.2, -0.15) is 0 Å². The van der Waals surface area contributed by atoms with Crippen LogP contribution >= 0.6 is 11.6 Å². The minimum absolute atomic E-state index is 0.212. The molecule has 1 aromatic rings. The van der Waals surface area contributed by atoms with Crippen LogP contribution in [0, 0.1) is 11.8 Å². The van der Waals surface area contributed by atoms with E-state index in [2.05, 4.69) is 5.32 Å². The first-order valence-corrected chi connectivity index (χ1v) is 8.77. The van der Waals surface area contributed by atoms with E-state index in [4.69, 9.17) is 16.3 Å². The number of imide groups is 1. The van der Waals surface area contributed by atoms with Crippen LogP contribution in [-0.4, -0.2) is 41.9 Å². The number of rotatable bonds is 4. The summed E-state index contributed by atoms with van der Waals surface area (Å²) in [6, 6.07) is 6.63. The molecule has 2 amide bonds. The van der Waals surface area contributed by atoms with Crippen molar-refractivity contribution in [1.82, 2.24) is 10.2 Å². The van der Waals surface area contributed by atoms with Gasteiger partial charge in [-0.05, 0) is 31.0 Å². The van der Waals surface area contributed by atoms with Crippen LogP contribution in [-0.2, 0) is 19.1 Å². The smallest absolute Gasteiger partial charge is 0.327 e. The molecule has 2 saturated heterocycles. The van der Waals surface area contributed by atoms with Gasteiger partial charge >= 0.3 is 5.97 Å². The highest BCUT2D eigenvalue weighted by atomic mass is 35.5. The van der Waals surface area contributed by atoms with Gasteiger partial charge in [0, 0.05) is 18.1 Å². The van der Waals surface area contributed by atoms with Crippen molar-refractivity contribution in [3.05, 3.63) is 34.9 Å². The molecule has 4 atom stereocenters. The topological polar surface area (TPSA) is 75.7 Å². The highest BCUT2D eigenvalue weighted by molar-refractivity contribution is 6.30. The molecular formula is C18H21ClN2O4. The van der Waals surface area contributed by atoms with Gasteiger partial charge in [0.1, 0.15) is 5.54 Å². The molecule has 7 heteroatoms. The number of amides is 2. The number of likely N-dealkylation sites (tertiary alicyclic amines) is 1. The fraction of sp³-hybridized carbons (Fsp3) is 0.500. The Kier molecular flexibility index (Phi) is 4.60. The average Bonchev–Trinajstić information content (AvgIpc) is 3.06. The Balaban J connectivity index is 2.10. The fourth-order valence-electron chi connectivity index (χ4n) is 4.02. The molecule has 134 valence electrons. The first kappa shape index (κ1) is 17.9. The van der Waals surface area contributed by atoms with Crippen LogP contribution in [0.15, 0.2) is 24.3 Å². The molecule has 0 unspecified atom stereocenters. The van der Waals surface area contributed by atoms with E-state index >= 15 is 0 Å². The summed E-state index contributed by atoms with van der Waals surface area (Å²) in [5.41, 5.74) is -0.391. The van der Waals surface area contributed by atoms with Crippen molar-refractivity contribution in [1.29, 1.82) is 0 Å². The van der Waals surface area contributed by atoms with Crippen molar-refractivity contribution >= 4 is 29.4 Å². The van der Waals surface area contributed by atoms with Gasteiger partial charge in [0.05, 0.1) is 18.4 Å². The van der Waals surface area contributed by atoms with E-state index in [9.17, 15) is 14.4 Å². The minimum Gasteiger partial charge on any atom is -0.465 e. The number of ether oxygens (including phenoxy) is 1. The molecule has 2 fully saturated rings. The summed E-state index contributed by atoms with van der Waals surface area (Å²) in [6.07, 6.45) is 0.351. The van der Waals surface area contributed by atoms with Gasteiger partial charge in [-0.25, -0.2) is 0 Å². The van der Waals surface area contributed by atoms with Gasteiger partial charge in [0.15, 0.2) is 0 Å². The molecule has 1 aromatic carbocycles. The third kappa shape index (κ3) is 2.55. The molecule has 0 spiro atoms. The molecular weight excluding hydrogens is 344 g/mol. The molecule has 0 bridgehead atoms. The summed E-state index contributed by atoms with van der Waals surface area (Å²) in [5, 5.41) is 3.85. The van der Waals surface area contributed by atoms with Crippen molar-refractivity contribution in [3.8, 4) is 0 Å². The maximum absolute atomic E-state index is 12.7. The summed E-state index contributed by atoms with van der Waals surface area (Å²) >= 11 is 5.96. The summed E-state index contributed by atoms with van der Waals surface area (Å²) in [7, 11) is 1.47. The largest absolute Gasteiger partial charge is 0.465 e. The van der Waals surface area contributed by atoms with E-state index in [1.54, 1.807) is 19.1 Å². The van der Waals surface area contributed by atoms with Crippen LogP contribution in [0.2, 0.25) is 5.02 Å². The molecule has 0 saturated carbocycles. The van der Waals surface area contributed by atoms with Crippen LogP contribution in [0.3, 0.4) is 0 Å². The first-order chi connectivity index (χ1) is 11.9. The Morgan fingerprint density at radius 3 is 2.44 bits per heavy atom. The monoisotopic (exact) mass is 364 g/mol. The van der Waals surface area contributed by atoms with E-state index < -0.39 is 29.4 Å². The van der Waals surface area contributed by atoms with Crippen molar-refractivity contribution in [2.75, 3.05) is 13.7 Å². The Hall–Kier alpha value is -1.92. The summed E-state index contributed by atoms with van der Waals surface area (Å²) in [4.78, 5) is 39.3. The van der Waals surface area contributed by atoms with E-state index in [-0.39, 0.29) is 18.4 Å². The van der Waals surface area contributed by atoms with Crippen LogP contribution < -0.4 is 5.32 Å². The zero-order chi connectivity index (χ0) is 18.4. The number of nitrogens with zero attached hydrogens (tertiary/aromatic N) is 1. The number of nitrogens with one attached hydrogen (secondary N) is 1. The van der Waals surface area contributed by atoms with E-state index in [1.807, 2.05) is 19.1 Å². The SMILES string of the molecule is CCOC(=O)[C@@]1(CC)N[C@@H](c2ccc(Cl)cc2)[C@H]2C(=O)N(C)C(=O)[C@H]21. The lowest BCUT2D eigenvalue weighted by molar-refractivity contribution is -0.156. The predicted octanol–water partition coefficient (Wildman–Crippen LogP) is 1.93. The second kappa shape index (κ2) is 6.42. The molecule has 3 rings (SSSR count). The normalized spacial score (nSPS) is 31.4. The lowest BCUT2D eigenvalue weighted by Crippen LogP contribution is -2.55. The Bertz CT molecular complexity index is 720. The summed E-state index contributed by atoms with van der Waals surface area (Å²) < 4.78 is 5.25. The standard InChI is InChI=1S/C18H21ClN2O4/c1-4-18(17(24)25-5-2)13-12(15(22)21(3)16(13)23)14(20-18)10-6-8-11(19)9-7-10/h6-9,12-14,20H,4-5H2,1-3H3/t12-,13-,14-,18-/m0/s1. The van der Waals surface area contributed by atoms with E-state index in [1.165, 1.54) is 7.05 Å². The number of benzene rings is 1. The van der Waals surface area contributed by atoms with Crippen LogP contribution in [0.5, 0.6) is 0 Å². The van der Waals surface area contributed by atoms with Crippen LogP contribution in [0.1, 0.15) is 31.9 Å². The lowest BCUT2D eigenvalue weighted by Gasteiger charge is -2.31. The number of carbonyl (C=O) groups excluding carboxylic acids is 3. The zero-order valence-electron chi connectivity index (χ0n) is 14.4. The Labute approximate surface area is 151 Å². The number of hydrogen-bond donors (Lipinski definition) is 1. The van der Waals surface area contributed by atoms with Crippen molar-refractivity contribution in [2.45, 2.75) is 31.8 Å². The van der Waals surface area contributed by atoms with Gasteiger partial charge < -0.3 is 4.74 Å². The van der Waals surface area contributed by atoms with Gasteiger partial charge in [0.2, 0.25) is 11.8 Å². The molecule has 0 aromatic heterocycles. The number of fused-ring (bicyclic) bond motifs is 1. The molecule has 1 N–H and O–H groups in total. The van der Waals surface area contributed by atoms with E-state index in [0.717, 1.165) is 10.5 Å². The van der Waals surface area contributed by atoms with Crippen LogP contribution in [0.4, 0.5) is 0 Å². The summed E-state index contributed by atoms with van der Waals surface area (Å²) in [5.74, 6) is -2.51. The fourth-order valence-corrected chi connectivity index (χ4v) is 4.15. The van der Waals surface area contributed by atoms with Crippen molar-refractivity contribution in [3.63, 3.8) is 0 Å². The Morgan fingerprint density at radius 1 is 1.24 bits per heavy atom. The second-order valence-corrected chi connectivity index (χ2v) is 6.89. The summed E-state index contributed by atoms with van der Waals surface area (Å²) in [6.45, 7) is 3.75. The highest BCUT2D eigenvalue weighted by Gasteiger charge is 2.67.